The molecule has 7 heteroatoms. The second kappa shape index (κ2) is 7.29. The van der Waals surface area contributed by atoms with Crippen molar-refractivity contribution in [1.82, 2.24) is 14.9 Å². The van der Waals surface area contributed by atoms with Gasteiger partial charge < -0.3 is 0 Å². The zero-order chi connectivity index (χ0) is 19.9. The van der Waals surface area contributed by atoms with E-state index in [1.165, 1.54) is 27.5 Å². The Morgan fingerprint density at radius 3 is 2.54 bits per heavy atom. The second-order valence-corrected chi connectivity index (χ2v) is 8.49. The van der Waals surface area contributed by atoms with Gasteiger partial charge in [-0.05, 0) is 37.6 Å². The highest BCUT2D eigenvalue weighted by atomic mass is 32.1. The molecule has 0 saturated heterocycles. The van der Waals surface area contributed by atoms with Crippen LogP contribution in [-0.4, -0.2) is 21.4 Å². The first kappa shape index (κ1) is 19.1. The Bertz CT molecular complexity index is 974. The number of rotatable bonds is 3. The molecular weight excluding hydrogens is 383 g/mol. The summed E-state index contributed by atoms with van der Waals surface area (Å²) >= 11 is 1.84. The van der Waals surface area contributed by atoms with Gasteiger partial charge in [0.1, 0.15) is 0 Å². The maximum Gasteiger partial charge on any atom is 0.416 e. The number of fused-ring (bicyclic) bond motifs is 1. The van der Waals surface area contributed by atoms with Crippen LogP contribution in [0.5, 0.6) is 0 Å². The highest BCUT2D eigenvalue weighted by Crippen LogP contribution is 2.31. The molecular formula is C21H20F3N3S. The van der Waals surface area contributed by atoms with Crippen molar-refractivity contribution in [1.29, 1.82) is 0 Å². The number of benzene rings is 1. The minimum atomic E-state index is -4.33. The van der Waals surface area contributed by atoms with E-state index in [0.29, 0.717) is 11.4 Å². The van der Waals surface area contributed by atoms with E-state index in [9.17, 15) is 13.2 Å². The SMILES string of the molecule is Cc1cc(CN2CCc3nc(-c4ccc(C(F)(F)F)cc4)ncc3C2)sc1C. The number of thiophene rings is 1. The number of alkyl halides is 3. The number of hydrogen-bond donors (Lipinski definition) is 0. The molecule has 4 rings (SSSR count). The zero-order valence-corrected chi connectivity index (χ0v) is 16.5. The van der Waals surface area contributed by atoms with Crippen molar-refractivity contribution in [2.75, 3.05) is 6.54 Å². The van der Waals surface area contributed by atoms with E-state index in [0.717, 1.165) is 49.4 Å². The first-order valence-corrected chi connectivity index (χ1v) is 9.92. The van der Waals surface area contributed by atoms with Gasteiger partial charge in [0.05, 0.1) is 11.3 Å². The fourth-order valence-corrected chi connectivity index (χ4v) is 4.50. The first-order valence-electron chi connectivity index (χ1n) is 9.10. The molecule has 3 nitrogen and oxygen atoms in total. The third kappa shape index (κ3) is 3.95. The summed E-state index contributed by atoms with van der Waals surface area (Å²) in [6.07, 6.45) is -1.71. The van der Waals surface area contributed by atoms with E-state index >= 15 is 0 Å². The van der Waals surface area contributed by atoms with Gasteiger partial charge in [0.25, 0.3) is 0 Å². The predicted octanol–water partition coefficient (Wildman–Crippen LogP) is 5.40. The fourth-order valence-electron chi connectivity index (χ4n) is 3.40. The maximum absolute atomic E-state index is 12.7. The number of nitrogens with zero attached hydrogens (tertiary/aromatic N) is 3. The monoisotopic (exact) mass is 403 g/mol. The summed E-state index contributed by atoms with van der Waals surface area (Å²) in [4.78, 5) is 14.1. The van der Waals surface area contributed by atoms with E-state index in [2.05, 4.69) is 34.8 Å². The molecule has 0 unspecified atom stereocenters. The number of aromatic nitrogens is 2. The summed E-state index contributed by atoms with van der Waals surface area (Å²) < 4.78 is 38.2. The Kier molecular flexibility index (Phi) is 4.97. The van der Waals surface area contributed by atoms with Crippen molar-refractivity contribution in [2.45, 2.75) is 39.5 Å². The summed E-state index contributed by atoms with van der Waals surface area (Å²) in [6, 6.07) is 7.26. The van der Waals surface area contributed by atoms with Gasteiger partial charge in [0.2, 0.25) is 0 Å². The summed E-state index contributed by atoms with van der Waals surface area (Å²) in [5.74, 6) is 0.477. The van der Waals surface area contributed by atoms with Gasteiger partial charge >= 0.3 is 6.18 Å². The lowest BCUT2D eigenvalue weighted by Gasteiger charge is -2.27. The molecule has 1 aromatic carbocycles. The lowest BCUT2D eigenvalue weighted by atomic mass is 10.1. The van der Waals surface area contributed by atoms with E-state index in [1.807, 2.05) is 17.5 Å². The van der Waals surface area contributed by atoms with Crippen LogP contribution in [0.3, 0.4) is 0 Å². The predicted molar refractivity (Wildman–Crippen MR) is 104 cm³/mol. The van der Waals surface area contributed by atoms with Crippen LogP contribution in [0, 0.1) is 13.8 Å². The highest BCUT2D eigenvalue weighted by Gasteiger charge is 2.30. The van der Waals surface area contributed by atoms with E-state index in [4.69, 9.17) is 0 Å². The average Bonchev–Trinajstić information content (AvgIpc) is 2.98. The Morgan fingerprint density at radius 2 is 1.89 bits per heavy atom. The number of hydrogen-bond acceptors (Lipinski definition) is 4. The van der Waals surface area contributed by atoms with Crippen LogP contribution in [0.25, 0.3) is 11.4 Å². The summed E-state index contributed by atoms with van der Waals surface area (Å²) in [7, 11) is 0. The molecule has 28 heavy (non-hydrogen) atoms. The Labute approximate surface area is 165 Å². The minimum absolute atomic E-state index is 0.477. The van der Waals surface area contributed by atoms with Gasteiger partial charge in [0, 0.05) is 53.1 Å². The highest BCUT2D eigenvalue weighted by molar-refractivity contribution is 7.12. The summed E-state index contributed by atoms with van der Waals surface area (Å²) in [6.45, 7) is 6.90. The van der Waals surface area contributed by atoms with Crippen molar-refractivity contribution in [3.05, 3.63) is 68.7 Å². The van der Waals surface area contributed by atoms with E-state index in [1.54, 1.807) is 0 Å². The molecule has 0 fully saturated rings. The molecule has 0 N–H and O–H groups in total. The largest absolute Gasteiger partial charge is 0.416 e. The van der Waals surface area contributed by atoms with Crippen LogP contribution >= 0.6 is 11.3 Å². The quantitative estimate of drug-likeness (QED) is 0.586. The molecule has 3 aromatic rings. The van der Waals surface area contributed by atoms with Gasteiger partial charge in [-0.3, -0.25) is 4.90 Å². The molecule has 0 amide bonds. The Hall–Kier alpha value is -2.25. The number of halogens is 3. The van der Waals surface area contributed by atoms with Gasteiger partial charge in [-0.25, -0.2) is 9.97 Å². The van der Waals surface area contributed by atoms with Crippen molar-refractivity contribution >= 4 is 11.3 Å². The molecule has 0 saturated carbocycles. The number of aryl methyl sites for hydroxylation is 2. The molecule has 1 aliphatic rings. The van der Waals surface area contributed by atoms with Crippen LogP contribution in [0.4, 0.5) is 13.2 Å². The topological polar surface area (TPSA) is 29.0 Å². The molecule has 0 bridgehead atoms. The molecule has 2 aromatic heterocycles. The van der Waals surface area contributed by atoms with Crippen molar-refractivity contribution in [3.63, 3.8) is 0 Å². The molecule has 0 atom stereocenters. The minimum Gasteiger partial charge on any atom is -0.293 e. The van der Waals surface area contributed by atoms with Gasteiger partial charge in [-0.15, -0.1) is 11.3 Å². The lowest BCUT2D eigenvalue weighted by Crippen LogP contribution is -2.30. The zero-order valence-electron chi connectivity index (χ0n) is 15.7. The van der Waals surface area contributed by atoms with Crippen LogP contribution in [0.15, 0.2) is 36.5 Å². The van der Waals surface area contributed by atoms with E-state index in [-0.39, 0.29) is 0 Å². The van der Waals surface area contributed by atoms with Gasteiger partial charge in [-0.2, -0.15) is 13.2 Å². The van der Waals surface area contributed by atoms with Crippen molar-refractivity contribution < 1.29 is 13.2 Å². The smallest absolute Gasteiger partial charge is 0.293 e. The third-order valence-corrected chi connectivity index (χ3v) is 6.22. The fraction of sp³-hybridized carbons (Fsp3) is 0.333. The molecule has 1 aliphatic heterocycles. The molecule has 0 radical (unpaired) electrons. The third-order valence-electron chi connectivity index (χ3n) is 5.08. The van der Waals surface area contributed by atoms with Crippen LogP contribution in [-0.2, 0) is 25.7 Å². The summed E-state index contributed by atoms with van der Waals surface area (Å²) in [5, 5.41) is 0. The van der Waals surface area contributed by atoms with Crippen LogP contribution in [0.1, 0.15) is 32.1 Å². The molecule has 0 spiro atoms. The molecule has 0 aliphatic carbocycles. The second-order valence-electron chi connectivity index (χ2n) is 7.15. The van der Waals surface area contributed by atoms with Gasteiger partial charge in [0.15, 0.2) is 5.82 Å². The Morgan fingerprint density at radius 1 is 1.14 bits per heavy atom. The average molecular weight is 403 g/mol. The molecule has 146 valence electrons. The van der Waals surface area contributed by atoms with Crippen LogP contribution in [0.2, 0.25) is 0 Å². The standard InChI is InChI=1S/C21H20F3N3S/c1-13-9-18(28-14(13)2)12-27-8-7-19-16(11-27)10-25-20(26-19)15-3-5-17(6-4-15)21(22,23)24/h3-6,9-10H,7-8,11-12H2,1-2H3. The first-order chi connectivity index (χ1) is 13.3. The lowest BCUT2D eigenvalue weighted by molar-refractivity contribution is -0.137. The Balaban J connectivity index is 1.49. The van der Waals surface area contributed by atoms with E-state index < -0.39 is 11.7 Å². The molecule has 3 heterocycles. The van der Waals surface area contributed by atoms with Gasteiger partial charge in [-0.1, -0.05) is 12.1 Å². The maximum atomic E-state index is 12.7. The van der Waals surface area contributed by atoms with Crippen LogP contribution < -0.4 is 0 Å². The van der Waals surface area contributed by atoms with Crippen molar-refractivity contribution in [2.24, 2.45) is 0 Å². The summed E-state index contributed by atoms with van der Waals surface area (Å²) in [5.41, 5.74) is 3.35. The normalized spacial score (nSPS) is 14.9. The van der Waals surface area contributed by atoms with Crippen molar-refractivity contribution in [3.8, 4) is 11.4 Å².